The zero-order valence-corrected chi connectivity index (χ0v) is 24.9. The second-order valence-electron chi connectivity index (χ2n) is 8.30. The summed E-state index contributed by atoms with van der Waals surface area (Å²) in [7, 11) is 0. The van der Waals surface area contributed by atoms with E-state index < -0.39 is 0 Å². The summed E-state index contributed by atoms with van der Waals surface area (Å²) in [5.74, 6) is 1.65. The van der Waals surface area contributed by atoms with Crippen molar-refractivity contribution in [3.05, 3.63) is 121 Å². The first kappa shape index (κ1) is 28.7. The molecule has 0 fully saturated rings. The minimum absolute atomic E-state index is 0.320. The summed E-state index contributed by atoms with van der Waals surface area (Å²) in [6, 6.07) is 26.0. The molecule has 0 aliphatic heterocycles. The smallest absolute Gasteiger partial charge is 0.271 e. The van der Waals surface area contributed by atoms with Crippen molar-refractivity contribution in [2.45, 2.75) is 20.1 Å². The van der Waals surface area contributed by atoms with Crippen LogP contribution >= 0.6 is 43.5 Å². The molecule has 0 bridgehead atoms. The number of amides is 1. The van der Waals surface area contributed by atoms with Gasteiger partial charge in [-0.05, 0) is 104 Å². The summed E-state index contributed by atoms with van der Waals surface area (Å²) in [5, 5.41) is 4.61. The Labute approximate surface area is 249 Å². The van der Waals surface area contributed by atoms with E-state index in [0.717, 1.165) is 25.6 Å². The summed E-state index contributed by atoms with van der Waals surface area (Å²) in [5.41, 5.74) is 5.75. The lowest BCUT2D eigenvalue weighted by Gasteiger charge is -2.15. The van der Waals surface area contributed by atoms with E-state index in [4.69, 9.17) is 25.8 Å². The third-order valence-corrected chi connectivity index (χ3v) is 6.87. The Balaban J connectivity index is 1.38. The van der Waals surface area contributed by atoms with Gasteiger partial charge in [-0.3, -0.25) is 4.79 Å². The number of rotatable bonds is 11. The Kier molecular flexibility index (Phi) is 10.4. The molecule has 0 aromatic heterocycles. The molecule has 4 aromatic carbocycles. The molecule has 1 amide bonds. The molecule has 4 rings (SSSR count). The highest BCUT2D eigenvalue weighted by Crippen LogP contribution is 2.36. The van der Waals surface area contributed by atoms with Gasteiger partial charge in [-0.15, -0.1) is 0 Å². The van der Waals surface area contributed by atoms with E-state index in [2.05, 4.69) is 42.4 Å². The number of nitrogens with zero attached hydrogens (tertiary/aromatic N) is 1. The second kappa shape index (κ2) is 14.2. The molecule has 0 heterocycles. The number of hydrogen-bond acceptors (Lipinski definition) is 5. The minimum Gasteiger partial charge on any atom is -0.490 e. The fourth-order valence-corrected chi connectivity index (χ4v) is 5.12. The van der Waals surface area contributed by atoms with E-state index in [1.807, 2.05) is 67.6 Å². The predicted octanol–water partition coefficient (Wildman–Crippen LogP) is 8.19. The number of hydrogen-bond donors (Lipinski definition) is 1. The molecule has 0 atom stereocenters. The van der Waals surface area contributed by atoms with Gasteiger partial charge < -0.3 is 14.2 Å². The van der Waals surface area contributed by atoms with Crippen LogP contribution in [0.2, 0.25) is 5.02 Å². The van der Waals surface area contributed by atoms with Crippen molar-refractivity contribution in [2.75, 3.05) is 6.61 Å². The first-order chi connectivity index (χ1) is 18.9. The van der Waals surface area contributed by atoms with Gasteiger partial charge in [0, 0.05) is 10.6 Å². The molecule has 0 radical (unpaired) electrons. The number of halogens is 3. The third-order valence-electron chi connectivity index (χ3n) is 5.44. The van der Waals surface area contributed by atoms with Gasteiger partial charge in [-0.25, -0.2) is 5.43 Å². The Morgan fingerprint density at radius 3 is 2.23 bits per heavy atom. The number of hydrazone groups is 1. The lowest BCUT2D eigenvalue weighted by atomic mass is 10.2. The van der Waals surface area contributed by atoms with Gasteiger partial charge in [0.15, 0.2) is 11.5 Å². The number of nitrogens with one attached hydrogen (secondary N) is 1. The average Bonchev–Trinajstić information content (AvgIpc) is 2.93. The molecule has 0 spiro atoms. The van der Waals surface area contributed by atoms with Crippen molar-refractivity contribution in [1.82, 2.24) is 5.43 Å². The predicted molar refractivity (Wildman–Crippen MR) is 161 cm³/mol. The molecule has 200 valence electrons. The number of carbonyl (C=O) groups excluding carboxylic acids is 1. The van der Waals surface area contributed by atoms with Gasteiger partial charge in [0.25, 0.3) is 5.91 Å². The molecular formula is C30H25Br2ClN2O4. The van der Waals surface area contributed by atoms with E-state index in [0.29, 0.717) is 47.7 Å². The van der Waals surface area contributed by atoms with E-state index in [1.165, 1.54) is 0 Å². The lowest BCUT2D eigenvalue weighted by molar-refractivity contribution is 0.0955. The van der Waals surface area contributed by atoms with Crippen molar-refractivity contribution in [3.8, 4) is 17.2 Å². The quantitative estimate of drug-likeness (QED) is 0.129. The fourth-order valence-electron chi connectivity index (χ4n) is 3.54. The molecule has 1 N–H and O–H groups in total. The van der Waals surface area contributed by atoms with Gasteiger partial charge >= 0.3 is 0 Å². The number of ether oxygens (including phenoxy) is 3. The van der Waals surface area contributed by atoms with Crippen LogP contribution in [-0.4, -0.2) is 18.7 Å². The van der Waals surface area contributed by atoms with Gasteiger partial charge in [0.05, 0.1) is 21.8 Å². The summed E-state index contributed by atoms with van der Waals surface area (Å²) in [6.45, 7) is 3.23. The first-order valence-corrected chi connectivity index (χ1v) is 14.0. The highest BCUT2D eigenvalue weighted by molar-refractivity contribution is 9.11. The van der Waals surface area contributed by atoms with E-state index >= 15 is 0 Å². The maximum absolute atomic E-state index is 12.2. The maximum atomic E-state index is 12.2. The monoisotopic (exact) mass is 670 g/mol. The molecule has 0 aliphatic rings. The van der Waals surface area contributed by atoms with Gasteiger partial charge in [-0.2, -0.15) is 5.10 Å². The molecule has 0 unspecified atom stereocenters. The fraction of sp³-hybridized carbons (Fsp3) is 0.133. The Hall–Kier alpha value is -3.33. The molecular weight excluding hydrogens is 648 g/mol. The van der Waals surface area contributed by atoms with E-state index in [-0.39, 0.29) is 5.91 Å². The third kappa shape index (κ3) is 8.33. The molecule has 0 saturated carbocycles. The van der Waals surface area contributed by atoms with Crippen molar-refractivity contribution >= 4 is 55.6 Å². The van der Waals surface area contributed by atoms with Crippen molar-refractivity contribution < 1.29 is 19.0 Å². The standard InChI is InChI=1S/C30H25Br2ClN2O4/c1-2-37-28-16-21(8-13-27(28)38-18-20-6-4-3-5-7-20)19-39-29-25(31)14-22(15-26(29)32)17-34-35-30(36)23-9-11-24(33)12-10-23/h3-17H,2,18-19H2,1H3,(H,35,36)/b34-17+. The average molecular weight is 673 g/mol. The van der Waals surface area contributed by atoms with Crippen LogP contribution in [0.5, 0.6) is 17.2 Å². The van der Waals surface area contributed by atoms with Crippen LogP contribution in [0.15, 0.2) is 99.0 Å². The molecule has 39 heavy (non-hydrogen) atoms. The lowest BCUT2D eigenvalue weighted by Crippen LogP contribution is -2.17. The van der Waals surface area contributed by atoms with E-state index in [9.17, 15) is 4.79 Å². The summed E-state index contributed by atoms with van der Waals surface area (Å²) in [4.78, 5) is 12.2. The Morgan fingerprint density at radius 2 is 1.54 bits per heavy atom. The minimum atomic E-state index is -0.330. The topological polar surface area (TPSA) is 69.2 Å². The molecule has 4 aromatic rings. The Morgan fingerprint density at radius 1 is 0.846 bits per heavy atom. The zero-order chi connectivity index (χ0) is 27.6. The van der Waals surface area contributed by atoms with E-state index in [1.54, 1.807) is 30.5 Å². The summed E-state index contributed by atoms with van der Waals surface area (Å²) >= 11 is 13.0. The molecule has 0 saturated heterocycles. The molecule has 9 heteroatoms. The van der Waals surface area contributed by atoms with Crippen LogP contribution in [0.25, 0.3) is 0 Å². The van der Waals surface area contributed by atoms with Crippen LogP contribution in [0, 0.1) is 0 Å². The summed E-state index contributed by atoms with van der Waals surface area (Å²) < 4.78 is 19.4. The molecule has 0 aliphatic carbocycles. The van der Waals surface area contributed by atoms with Gasteiger partial charge in [-0.1, -0.05) is 48.0 Å². The van der Waals surface area contributed by atoms with Crippen LogP contribution in [0.1, 0.15) is 34.0 Å². The Bertz CT molecular complexity index is 1420. The van der Waals surface area contributed by atoms with Crippen LogP contribution in [0.4, 0.5) is 0 Å². The largest absolute Gasteiger partial charge is 0.490 e. The SMILES string of the molecule is CCOc1cc(COc2c(Br)cc(/C=N/NC(=O)c3ccc(Cl)cc3)cc2Br)ccc1OCc1ccccc1. The molecule has 6 nitrogen and oxygen atoms in total. The normalized spacial score (nSPS) is 10.9. The highest BCUT2D eigenvalue weighted by atomic mass is 79.9. The summed E-state index contributed by atoms with van der Waals surface area (Å²) in [6.07, 6.45) is 1.55. The van der Waals surface area contributed by atoms with Crippen molar-refractivity contribution in [3.63, 3.8) is 0 Å². The van der Waals surface area contributed by atoms with Gasteiger partial charge in [0.2, 0.25) is 0 Å². The first-order valence-electron chi connectivity index (χ1n) is 12.1. The number of benzene rings is 4. The van der Waals surface area contributed by atoms with Crippen LogP contribution < -0.4 is 19.6 Å². The van der Waals surface area contributed by atoms with Crippen LogP contribution in [-0.2, 0) is 13.2 Å². The highest BCUT2D eigenvalue weighted by Gasteiger charge is 2.12. The van der Waals surface area contributed by atoms with Crippen molar-refractivity contribution in [2.24, 2.45) is 5.10 Å². The second-order valence-corrected chi connectivity index (χ2v) is 10.4. The zero-order valence-electron chi connectivity index (χ0n) is 21.0. The maximum Gasteiger partial charge on any atom is 0.271 e. The van der Waals surface area contributed by atoms with Gasteiger partial charge in [0.1, 0.15) is 19.0 Å². The van der Waals surface area contributed by atoms with Crippen LogP contribution in [0.3, 0.4) is 0 Å². The number of carbonyl (C=O) groups is 1. The van der Waals surface area contributed by atoms with Crippen molar-refractivity contribution in [1.29, 1.82) is 0 Å².